The molecule has 1 aliphatic heterocycles. The van der Waals surface area contributed by atoms with Gasteiger partial charge in [0.25, 0.3) is 0 Å². The maximum Gasteiger partial charge on any atom is 0.239 e. The highest BCUT2D eigenvalue weighted by molar-refractivity contribution is 6.36. The van der Waals surface area contributed by atoms with E-state index in [9.17, 15) is 9.59 Å². The minimum absolute atomic E-state index is 0.102. The molecular formula is C28H36Cl2N2O2. The molecule has 6 atom stereocenters. The largest absolute Gasteiger partial charge is 0.351 e. The number of hydrogen-bond acceptors (Lipinski definition) is 2. The molecule has 6 heteroatoms. The van der Waals surface area contributed by atoms with Gasteiger partial charge in [-0.05, 0) is 80.8 Å². The van der Waals surface area contributed by atoms with Crippen molar-refractivity contribution in [3.8, 4) is 0 Å². The van der Waals surface area contributed by atoms with E-state index in [0.29, 0.717) is 39.3 Å². The first-order valence-corrected chi connectivity index (χ1v) is 13.5. The third-order valence-corrected chi connectivity index (χ3v) is 10.6. The van der Waals surface area contributed by atoms with Gasteiger partial charge in [0.2, 0.25) is 11.8 Å². The fourth-order valence-corrected chi connectivity index (χ4v) is 8.98. The van der Waals surface area contributed by atoms with Crippen LogP contribution in [-0.2, 0) is 16.1 Å². The lowest BCUT2D eigenvalue weighted by Crippen LogP contribution is -2.58. The third kappa shape index (κ3) is 3.63. The second-order valence-corrected chi connectivity index (χ2v) is 12.6. The number of benzene rings is 1. The van der Waals surface area contributed by atoms with Crippen LogP contribution >= 0.6 is 23.2 Å². The van der Waals surface area contributed by atoms with Gasteiger partial charge in [-0.25, -0.2) is 0 Å². The first-order chi connectivity index (χ1) is 16.1. The van der Waals surface area contributed by atoms with Gasteiger partial charge in [-0.1, -0.05) is 55.1 Å². The van der Waals surface area contributed by atoms with E-state index in [4.69, 9.17) is 23.2 Å². The molecule has 2 amide bonds. The van der Waals surface area contributed by atoms with Crippen molar-refractivity contribution < 1.29 is 9.59 Å². The molecule has 1 aromatic carbocycles. The minimum Gasteiger partial charge on any atom is -0.351 e. The SMILES string of the molecule is CC1=C2N(C)C(=O)C(C(=O)NCc3c(Cl)cccc3Cl)C[C@]2(C)[C@@H]2CC[C@]3(C)CCC[C@H]3[C@@H]2C1. The predicted octanol–water partition coefficient (Wildman–Crippen LogP) is 6.60. The summed E-state index contributed by atoms with van der Waals surface area (Å²) in [6.45, 7) is 7.27. The van der Waals surface area contributed by atoms with Gasteiger partial charge >= 0.3 is 0 Å². The van der Waals surface area contributed by atoms with Crippen molar-refractivity contribution in [2.24, 2.45) is 34.5 Å². The van der Waals surface area contributed by atoms with Crippen LogP contribution in [0, 0.1) is 34.5 Å². The molecule has 34 heavy (non-hydrogen) atoms. The molecule has 1 saturated heterocycles. The molecule has 0 aromatic heterocycles. The molecule has 1 aromatic rings. The number of nitrogens with one attached hydrogen (secondary N) is 1. The second-order valence-electron chi connectivity index (χ2n) is 11.8. The molecule has 0 bridgehead atoms. The second kappa shape index (κ2) is 8.55. The predicted molar refractivity (Wildman–Crippen MR) is 136 cm³/mol. The smallest absolute Gasteiger partial charge is 0.239 e. The number of carbonyl (C=O) groups is 2. The first kappa shape index (κ1) is 24.2. The molecule has 4 nitrogen and oxygen atoms in total. The van der Waals surface area contributed by atoms with E-state index in [0.717, 1.165) is 12.3 Å². The summed E-state index contributed by atoms with van der Waals surface area (Å²) in [6, 6.07) is 5.31. The van der Waals surface area contributed by atoms with Gasteiger partial charge in [0, 0.05) is 40.3 Å². The van der Waals surface area contributed by atoms with Gasteiger partial charge in [0.15, 0.2) is 0 Å². The summed E-state index contributed by atoms with van der Waals surface area (Å²) in [5.74, 6) is 0.915. The molecule has 1 heterocycles. The lowest BCUT2D eigenvalue weighted by molar-refractivity contribution is -0.149. The Morgan fingerprint density at radius 2 is 1.85 bits per heavy atom. The summed E-state index contributed by atoms with van der Waals surface area (Å²) < 4.78 is 0. The number of hydrogen-bond donors (Lipinski definition) is 1. The standard InChI is InChI=1S/C28H36Cl2N2O2/c1-16-13-17-20-7-6-11-27(20,2)12-10-21(17)28(3)14-18(26(34)32(4)24(16)28)25(33)31-15-19-22(29)8-5-9-23(19)30/h5,8-9,17-18,20-21H,6-7,10-15H2,1-4H3,(H,31,33)/t17-,18?,20-,21+,27-,28+/m0/s1. The Balaban J connectivity index is 1.42. The van der Waals surface area contributed by atoms with Crippen LogP contribution in [0.15, 0.2) is 29.5 Å². The molecule has 4 aliphatic rings. The number of nitrogens with zero attached hydrogens (tertiary/aromatic N) is 1. The number of fused-ring (bicyclic) bond motifs is 5. The van der Waals surface area contributed by atoms with Gasteiger partial charge in [-0.2, -0.15) is 0 Å². The zero-order valence-electron chi connectivity index (χ0n) is 20.7. The van der Waals surface area contributed by atoms with E-state index in [2.05, 4.69) is 26.1 Å². The first-order valence-electron chi connectivity index (χ1n) is 12.8. The molecule has 3 aliphatic carbocycles. The quantitative estimate of drug-likeness (QED) is 0.472. The summed E-state index contributed by atoms with van der Waals surface area (Å²) in [5, 5.41) is 4.01. The molecule has 0 radical (unpaired) electrons. The van der Waals surface area contributed by atoms with Crippen LogP contribution in [0.2, 0.25) is 10.0 Å². The van der Waals surface area contributed by atoms with Crippen molar-refractivity contribution in [2.45, 2.75) is 72.3 Å². The summed E-state index contributed by atoms with van der Waals surface area (Å²) in [5.41, 5.74) is 3.51. The van der Waals surface area contributed by atoms with Crippen molar-refractivity contribution >= 4 is 35.0 Å². The summed E-state index contributed by atoms with van der Waals surface area (Å²) in [4.78, 5) is 28.6. The molecule has 1 unspecified atom stereocenters. The monoisotopic (exact) mass is 502 g/mol. The molecule has 0 spiro atoms. The number of amides is 2. The lowest BCUT2D eigenvalue weighted by Gasteiger charge is -2.59. The van der Waals surface area contributed by atoms with E-state index in [-0.39, 0.29) is 23.8 Å². The fraction of sp³-hybridized carbons (Fsp3) is 0.643. The third-order valence-electron chi connectivity index (χ3n) is 9.93. The minimum atomic E-state index is -0.691. The van der Waals surface area contributed by atoms with Crippen molar-refractivity contribution in [1.29, 1.82) is 0 Å². The van der Waals surface area contributed by atoms with E-state index in [1.54, 1.807) is 18.2 Å². The summed E-state index contributed by atoms with van der Waals surface area (Å²) >= 11 is 12.6. The van der Waals surface area contributed by atoms with Crippen LogP contribution in [0.1, 0.15) is 71.3 Å². The van der Waals surface area contributed by atoms with Crippen LogP contribution in [-0.4, -0.2) is 23.8 Å². The number of halogens is 2. The highest BCUT2D eigenvalue weighted by Gasteiger charge is 2.60. The molecule has 1 N–H and O–H groups in total. The Kier molecular flexibility index (Phi) is 6.08. The van der Waals surface area contributed by atoms with Crippen molar-refractivity contribution in [3.05, 3.63) is 45.1 Å². The number of allylic oxidation sites excluding steroid dienone is 2. The number of carbonyl (C=O) groups excluding carboxylic acids is 2. The molecule has 2 saturated carbocycles. The number of piperidine rings is 1. The molecular weight excluding hydrogens is 467 g/mol. The van der Waals surface area contributed by atoms with Crippen LogP contribution in [0.4, 0.5) is 0 Å². The molecule has 3 fully saturated rings. The molecule has 5 rings (SSSR count). The van der Waals surface area contributed by atoms with E-state index in [1.807, 2.05) is 11.9 Å². The summed E-state index contributed by atoms with van der Waals surface area (Å²) in [6.07, 6.45) is 8.14. The van der Waals surface area contributed by atoms with E-state index in [1.165, 1.54) is 43.4 Å². The van der Waals surface area contributed by atoms with Crippen LogP contribution in [0.5, 0.6) is 0 Å². The maximum absolute atomic E-state index is 13.4. The zero-order chi connectivity index (χ0) is 24.4. The van der Waals surface area contributed by atoms with Crippen molar-refractivity contribution in [2.75, 3.05) is 7.05 Å². The van der Waals surface area contributed by atoms with Crippen molar-refractivity contribution in [3.63, 3.8) is 0 Å². The van der Waals surface area contributed by atoms with E-state index < -0.39 is 5.92 Å². The number of likely N-dealkylation sites (tertiary alicyclic amines) is 1. The Bertz CT molecular complexity index is 1050. The highest BCUT2D eigenvalue weighted by atomic mass is 35.5. The fourth-order valence-electron chi connectivity index (χ4n) is 8.45. The Morgan fingerprint density at radius 1 is 1.15 bits per heavy atom. The Morgan fingerprint density at radius 3 is 2.56 bits per heavy atom. The van der Waals surface area contributed by atoms with Crippen LogP contribution < -0.4 is 5.32 Å². The van der Waals surface area contributed by atoms with Gasteiger partial charge in [-0.15, -0.1) is 0 Å². The van der Waals surface area contributed by atoms with Crippen LogP contribution in [0.25, 0.3) is 0 Å². The zero-order valence-corrected chi connectivity index (χ0v) is 22.2. The Hall–Kier alpha value is -1.52. The topological polar surface area (TPSA) is 49.4 Å². The molecule has 184 valence electrons. The van der Waals surface area contributed by atoms with Gasteiger partial charge < -0.3 is 10.2 Å². The van der Waals surface area contributed by atoms with Gasteiger partial charge in [-0.3, -0.25) is 9.59 Å². The number of rotatable bonds is 3. The maximum atomic E-state index is 13.4. The normalized spacial score (nSPS) is 37.2. The van der Waals surface area contributed by atoms with Gasteiger partial charge in [0.1, 0.15) is 5.92 Å². The van der Waals surface area contributed by atoms with E-state index >= 15 is 0 Å². The highest BCUT2D eigenvalue weighted by Crippen LogP contribution is 2.65. The average Bonchev–Trinajstić information content (AvgIpc) is 3.18. The Labute approximate surface area is 213 Å². The lowest BCUT2D eigenvalue weighted by atomic mass is 9.48. The summed E-state index contributed by atoms with van der Waals surface area (Å²) in [7, 11) is 1.87. The average molecular weight is 504 g/mol. The van der Waals surface area contributed by atoms with Crippen LogP contribution in [0.3, 0.4) is 0 Å². The van der Waals surface area contributed by atoms with Crippen molar-refractivity contribution in [1.82, 2.24) is 10.2 Å². The van der Waals surface area contributed by atoms with Gasteiger partial charge in [0.05, 0.1) is 0 Å².